The van der Waals surface area contributed by atoms with Crippen LogP contribution in [0.2, 0.25) is 0 Å². The maximum atomic E-state index is 13.2. The van der Waals surface area contributed by atoms with Crippen LogP contribution in [-0.2, 0) is 16.8 Å². The largest absolute Gasteiger partial charge is 0.325 e. The molecule has 4 rings (SSSR count). The molecule has 0 fully saturated rings. The van der Waals surface area contributed by atoms with Crippen molar-refractivity contribution < 1.29 is 9.59 Å². The number of anilines is 2. The van der Waals surface area contributed by atoms with Crippen LogP contribution in [0.4, 0.5) is 11.4 Å². The van der Waals surface area contributed by atoms with Gasteiger partial charge in [-0.15, -0.1) is 11.3 Å². The van der Waals surface area contributed by atoms with Crippen molar-refractivity contribution in [2.75, 3.05) is 10.6 Å². The fraction of sp³-hybridized carbons (Fsp3) is 0.286. The highest BCUT2D eigenvalue weighted by molar-refractivity contribution is 7.20. The number of nitrogens with one attached hydrogen (secondary N) is 2. The first-order valence-electron chi connectivity index (χ1n) is 11.7. The molecule has 7 nitrogen and oxygen atoms in total. The van der Waals surface area contributed by atoms with Crippen LogP contribution in [0, 0.1) is 20.8 Å². The van der Waals surface area contributed by atoms with Crippen LogP contribution in [-0.4, -0.2) is 21.4 Å². The Morgan fingerprint density at radius 2 is 1.69 bits per heavy atom. The molecule has 2 N–H and O–H groups in total. The molecule has 36 heavy (non-hydrogen) atoms. The maximum Gasteiger partial charge on any atom is 0.266 e. The number of nitrogens with zero attached hydrogens (tertiary/aromatic N) is 2. The zero-order valence-corrected chi connectivity index (χ0v) is 22.2. The molecule has 0 unspecified atom stereocenters. The fourth-order valence-electron chi connectivity index (χ4n) is 4.03. The van der Waals surface area contributed by atoms with E-state index in [2.05, 4.69) is 36.4 Å². The number of hydrogen-bond acceptors (Lipinski definition) is 5. The second-order valence-corrected chi connectivity index (χ2v) is 11.1. The van der Waals surface area contributed by atoms with Gasteiger partial charge in [0.25, 0.3) is 11.5 Å². The number of amides is 2. The normalized spacial score (nSPS) is 11.5. The number of fused-ring (bicyclic) bond motifs is 1. The topological polar surface area (TPSA) is 93.1 Å². The average molecular weight is 503 g/mol. The van der Waals surface area contributed by atoms with Crippen LogP contribution in [0.15, 0.2) is 53.6 Å². The van der Waals surface area contributed by atoms with E-state index in [9.17, 15) is 14.4 Å². The van der Waals surface area contributed by atoms with Gasteiger partial charge in [-0.2, -0.15) is 0 Å². The Labute approximate surface area is 214 Å². The molecule has 0 aliphatic rings. The second kappa shape index (κ2) is 9.70. The summed E-state index contributed by atoms with van der Waals surface area (Å²) < 4.78 is 1.27. The number of carbonyl (C=O) groups excluding carboxylic acids is 2. The van der Waals surface area contributed by atoms with Crippen LogP contribution in [0.25, 0.3) is 10.2 Å². The van der Waals surface area contributed by atoms with Crippen LogP contribution in [0.1, 0.15) is 52.7 Å². The lowest BCUT2D eigenvalue weighted by atomic mass is 9.87. The number of rotatable bonds is 5. The standard InChI is InChI=1S/C28H30N4O3S/c1-16-7-12-21(17(2)13-16)31-25(34)24-18(3)23-26(36-24)29-15-32(27(23)35)14-22(33)30-20-10-8-19(9-11-20)28(4,5)6/h7-13,15H,14H2,1-6H3,(H,30,33)(H,31,34). The van der Waals surface area contributed by atoms with Gasteiger partial charge in [0.05, 0.1) is 16.6 Å². The second-order valence-electron chi connectivity index (χ2n) is 10.1. The summed E-state index contributed by atoms with van der Waals surface area (Å²) in [6.45, 7) is 11.9. The number of benzene rings is 2. The third-order valence-corrected chi connectivity index (χ3v) is 7.30. The van der Waals surface area contributed by atoms with Crippen LogP contribution < -0.4 is 16.2 Å². The van der Waals surface area contributed by atoms with Crippen molar-refractivity contribution in [3.8, 4) is 0 Å². The van der Waals surface area contributed by atoms with Crippen LogP contribution in [0.3, 0.4) is 0 Å². The smallest absolute Gasteiger partial charge is 0.266 e. The predicted octanol–water partition coefficient (Wildman–Crippen LogP) is 5.57. The van der Waals surface area contributed by atoms with E-state index < -0.39 is 0 Å². The Morgan fingerprint density at radius 1 is 1.00 bits per heavy atom. The van der Waals surface area contributed by atoms with Gasteiger partial charge in [0.2, 0.25) is 5.91 Å². The van der Waals surface area contributed by atoms with Gasteiger partial charge in [0.1, 0.15) is 11.4 Å². The van der Waals surface area contributed by atoms with Gasteiger partial charge in [-0.3, -0.25) is 19.0 Å². The molecular formula is C28H30N4O3S. The van der Waals surface area contributed by atoms with Crippen LogP contribution in [0.5, 0.6) is 0 Å². The molecule has 0 saturated carbocycles. The highest BCUT2D eigenvalue weighted by Gasteiger charge is 2.21. The van der Waals surface area contributed by atoms with Crippen LogP contribution >= 0.6 is 11.3 Å². The van der Waals surface area contributed by atoms with Gasteiger partial charge in [0, 0.05) is 11.4 Å². The number of aryl methyl sites for hydroxylation is 3. The van der Waals surface area contributed by atoms with Crippen molar-refractivity contribution >= 4 is 44.7 Å². The number of carbonyl (C=O) groups is 2. The molecule has 2 aromatic carbocycles. The lowest BCUT2D eigenvalue weighted by molar-refractivity contribution is -0.116. The Balaban J connectivity index is 1.54. The summed E-state index contributed by atoms with van der Waals surface area (Å²) in [5, 5.41) is 6.12. The molecule has 2 amide bonds. The van der Waals surface area contributed by atoms with Gasteiger partial charge in [0.15, 0.2) is 0 Å². The molecule has 0 radical (unpaired) electrons. The SMILES string of the molecule is Cc1ccc(NC(=O)c2sc3ncn(CC(=O)Nc4ccc(C(C)(C)C)cc4)c(=O)c3c2C)c(C)c1. The summed E-state index contributed by atoms with van der Waals surface area (Å²) in [7, 11) is 0. The monoisotopic (exact) mass is 502 g/mol. The summed E-state index contributed by atoms with van der Waals surface area (Å²) in [6, 6.07) is 13.5. The molecule has 2 heterocycles. The van der Waals surface area contributed by atoms with Gasteiger partial charge < -0.3 is 10.6 Å². The zero-order chi connectivity index (χ0) is 26.2. The molecule has 0 atom stereocenters. The van der Waals surface area contributed by atoms with E-state index in [1.165, 1.54) is 22.2 Å². The van der Waals surface area contributed by atoms with E-state index in [4.69, 9.17) is 0 Å². The van der Waals surface area contributed by atoms with Crippen molar-refractivity contribution in [2.45, 2.75) is 53.5 Å². The highest BCUT2D eigenvalue weighted by atomic mass is 32.1. The summed E-state index contributed by atoms with van der Waals surface area (Å²) in [5.41, 5.74) is 4.84. The Hall–Kier alpha value is -3.78. The maximum absolute atomic E-state index is 13.2. The average Bonchev–Trinajstić information content (AvgIpc) is 3.14. The van der Waals surface area contributed by atoms with E-state index in [0.717, 1.165) is 22.4 Å². The third kappa shape index (κ3) is 5.23. The molecule has 186 valence electrons. The minimum Gasteiger partial charge on any atom is -0.325 e. The first-order chi connectivity index (χ1) is 16.9. The molecular weight excluding hydrogens is 472 g/mol. The summed E-state index contributed by atoms with van der Waals surface area (Å²) in [4.78, 5) is 44.1. The molecule has 2 aromatic heterocycles. The van der Waals surface area contributed by atoms with Gasteiger partial charge >= 0.3 is 0 Å². The number of hydrogen-bond donors (Lipinski definition) is 2. The van der Waals surface area contributed by atoms with E-state index in [-0.39, 0.29) is 29.3 Å². The van der Waals surface area contributed by atoms with E-state index in [1.54, 1.807) is 6.92 Å². The summed E-state index contributed by atoms with van der Waals surface area (Å²) in [6.07, 6.45) is 1.36. The summed E-state index contributed by atoms with van der Waals surface area (Å²) in [5.74, 6) is -0.618. The van der Waals surface area contributed by atoms with Crippen molar-refractivity contribution in [1.29, 1.82) is 0 Å². The molecule has 0 saturated heterocycles. The Morgan fingerprint density at radius 3 is 2.33 bits per heavy atom. The first kappa shape index (κ1) is 25.3. The van der Waals surface area contributed by atoms with Crippen molar-refractivity contribution in [3.05, 3.63) is 86.3 Å². The highest BCUT2D eigenvalue weighted by Crippen LogP contribution is 2.28. The lowest BCUT2D eigenvalue weighted by Crippen LogP contribution is -2.28. The minimum atomic E-state index is -0.349. The van der Waals surface area contributed by atoms with Gasteiger partial charge in [-0.25, -0.2) is 4.98 Å². The lowest BCUT2D eigenvalue weighted by Gasteiger charge is -2.19. The quantitative estimate of drug-likeness (QED) is 0.373. The third-order valence-electron chi connectivity index (χ3n) is 6.10. The summed E-state index contributed by atoms with van der Waals surface area (Å²) >= 11 is 1.17. The predicted molar refractivity (Wildman–Crippen MR) is 146 cm³/mol. The zero-order valence-electron chi connectivity index (χ0n) is 21.4. The molecule has 8 heteroatoms. The minimum absolute atomic E-state index is 0.0179. The van der Waals surface area contributed by atoms with Gasteiger partial charge in [-0.05, 0) is 61.1 Å². The Bertz CT molecular complexity index is 1530. The number of aromatic nitrogens is 2. The van der Waals surface area contributed by atoms with Crippen molar-refractivity contribution in [2.24, 2.45) is 0 Å². The molecule has 0 aliphatic heterocycles. The fourth-order valence-corrected chi connectivity index (χ4v) is 5.06. The van der Waals surface area contributed by atoms with Crippen molar-refractivity contribution in [1.82, 2.24) is 9.55 Å². The van der Waals surface area contributed by atoms with E-state index >= 15 is 0 Å². The number of thiophene rings is 1. The first-order valence-corrected chi connectivity index (χ1v) is 12.5. The van der Waals surface area contributed by atoms with E-state index in [1.807, 2.05) is 56.3 Å². The van der Waals surface area contributed by atoms with Crippen molar-refractivity contribution in [3.63, 3.8) is 0 Å². The van der Waals surface area contributed by atoms with E-state index in [0.29, 0.717) is 26.3 Å². The molecule has 0 bridgehead atoms. The Kier molecular flexibility index (Phi) is 6.82. The molecule has 4 aromatic rings. The molecule has 0 spiro atoms. The molecule has 0 aliphatic carbocycles. The van der Waals surface area contributed by atoms with Gasteiger partial charge in [-0.1, -0.05) is 50.6 Å².